The summed E-state index contributed by atoms with van der Waals surface area (Å²) < 4.78 is 35.7. The van der Waals surface area contributed by atoms with Crippen LogP contribution in [0.25, 0.3) is 0 Å². The molecule has 1 N–H and O–H groups in total. The summed E-state index contributed by atoms with van der Waals surface area (Å²) in [5.74, 6) is 0.749. The van der Waals surface area contributed by atoms with E-state index in [-0.39, 0.29) is 0 Å². The minimum absolute atomic E-state index is 0.404. The number of rotatable bonds is 5. The Labute approximate surface area is 102 Å². The van der Waals surface area contributed by atoms with Gasteiger partial charge in [-0.3, -0.25) is 0 Å². The van der Waals surface area contributed by atoms with E-state index in [4.69, 9.17) is 0 Å². The molecule has 0 radical (unpaired) electrons. The Morgan fingerprint density at radius 2 is 2.00 bits per heavy atom. The summed E-state index contributed by atoms with van der Waals surface area (Å²) in [4.78, 5) is 2.19. The van der Waals surface area contributed by atoms with Gasteiger partial charge in [-0.15, -0.1) is 0 Å². The van der Waals surface area contributed by atoms with Gasteiger partial charge in [0.25, 0.3) is 0 Å². The lowest BCUT2D eigenvalue weighted by Gasteiger charge is -2.34. The van der Waals surface area contributed by atoms with E-state index < -0.39 is 12.7 Å². The molecule has 1 fully saturated rings. The first kappa shape index (κ1) is 14.8. The van der Waals surface area contributed by atoms with Gasteiger partial charge in [-0.1, -0.05) is 19.8 Å². The van der Waals surface area contributed by atoms with E-state index in [1.54, 1.807) is 0 Å². The Kier molecular flexibility index (Phi) is 5.73. The number of hydrogen-bond acceptors (Lipinski definition) is 2. The third-order valence-electron chi connectivity index (χ3n) is 3.50. The number of likely N-dealkylation sites (N-methyl/N-ethyl adjacent to an activating group) is 1. The summed E-state index contributed by atoms with van der Waals surface area (Å²) in [6.07, 6.45) is 0.788. The second kappa shape index (κ2) is 6.59. The molecule has 1 aliphatic carbocycles. The van der Waals surface area contributed by atoms with E-state index >= 15 is 0 Å². The van der Waals surface area contributed by atoms with Crippen molar-refractivity contribution in [2.75, 3.05) is 26.7 Å². The molecule has 0 aromatic rings. The molecule has 0 amide bonds. The van der Waals surface area contributed by atoms with Crippen molar-refractivity contribution in [2.45, 2.75) is 44.8 Å². The van der Waals surface area contributed by atoms with Gasteiger partial charge in [0.05, 0.1) is 6.54 Å². The Bertz CT molecular complexity index is 218. The van der Waals surface area contributed by atoms with Crippen molar-refractivity contribution >= 4 is 0 Å². The molecule has 1 saturated carbocycles. The Balaban J connectivity index is 2.14. The van der Waals surface area contributed by atoms with Crippen LogP contribution in [-0.2, 0) is 0 Å². The summed E-state index contributed by atoms with van der Waals surface area (Å²) in [6, 6.07) is 0.548. The van der Waals surface area contributed by atoms with Gasteiger partial charge < -0.3 is 10.2 Å². The normalized spacial score (nSPS) is 26.5. The Morgan fingerprint density at radius 1 is 1.29 bits per heavy atom. The molecule has 5 heteroatoms. The molecule has 1 aliphatic rings. The third-order valence-corrected chi connectivity index (χ3v) is 3.50. The zero-order valence-corrected chi connectivity index (χ0v) is 10.7. The monoisotopic (exact) mass is 252 g/mol. The minimum atomic E-state index is -4.10. The molecule has 0 saturated heterocycles. The third kappa shape index (κ3) is 6.27. The molecule has 17 heavy (non-hydrogen) atoms. The van der Waals surface area contributed by atoms with Gasteiger partial charge in [0.15, 0.2) is 0 Å². The molecule has 0 heterocycles. The zero-order valence-electron chi connectivity index (χ0n) is 10.7. The van der Waals surface area contributed by atoms with E-state index in [0.29, 0.717) is 19.1 Å². The fourth-order valence-electron chi connectivity index (χ4n) is 2.47. The van der Waals surface area contributed by atoms with Crippen molar-refractivity contribution in [1.82, 2.24) is 10.2 Å². The van der Waals surface area contributed by atoms with Gasteiger partial charge in [-0.25, -0.2) is 0 Å². The van der Waals surface area contributed by atoms with E-state index in [2.05, 4.69) is 17.1 Å². The topological polar surface area (TPSA) is 15.3 Å². The molecule has 2 nitrogen and oxygen atoms in total. The maximum absolute atomic E-state index is 11.9. The fourth-order valence-corrected chi connectivity index (χ4v) is 2.47. The molecular weight excluding hydrogens is 229 g/mol. The van der Waals surface area contributed by atoms with Gasteiger partial charge >= 0.3 is 6.18 Å². The van der Waals surface area contributed by atoms with Crippen molar-refractivity contribution in [2.24, 2.45) is 5.92 Å². The molecule has 0 bridgehead atoms. The highest BCUT2D eigenvalue weighted by Gasteiger charge is 2.26. The summed E-state index contributed by atoms with van der Waals surface area (Å²) in [7, 11) is 2.01. The van der Waals surface area contributed by atoms with Crippen LogP contribution < -0.4 is 5.32 Å². The van der Waals surface area contributed by atoms with Crippen LogP contribution in [0.4, 0.5) is 13.2 Å². The molecule has 1 rings (SSSR count). The van der Waals surface area contributed by atoms with Crippen LogP contribution in [0.5, 0.6) is 0 Å². The summed E-state index contributed by atoms with van der Waals surface area (Å²) >= 11 is 0. The van der Waals surface area contributed by atoms with E-state index in [1.165, 1.54) is 25.7 Å². The first-order valence-corrected chi connectivity index (χ1v) is 6.36. The number of hydrogen-bond donors (Lipinski definition) is 1. The van der Waals surface area contributed by atoms with Crippen LogP contribution in [0.1, 0.15) is 32.6 Å². The Morgan fingerprint density at radius 3 is 2.59 bits per heavy atom. The Hall–Kier alpha value is -0.290. The predicted molar refractivity (Wildman–Crippen MR) is 63.0 cm³/mol. The van der Waals surface area contributed by atoms with Crippen LogP contribution in [0.2, 0.25) is 0 Å². The highest BCUT2D eigenvalue weighted by atomic mass is 19.4. The van der Waals surface area contributed by atoms with Crippen molar-refractivity contribution in [1.29, 1.82) is 0 Å². The predicted octanol–water partition coefficient (Wildman–Crippen LogP) is 2.65. The highest BCUT2D eigenvalue weighted by molar-refractivity contribution is 4.77. The van der Waals surface area contributed by atoms with Crippen molar-refractivity contribution in [3.63, 3.8) is 0 Å². The largest absolute Gasteiger partial charge is 0.401 e. The summed E-state index contributed by atoms with van der Waals surface area (Å²) in [5.41, 5.74) is 0. The lowest BCUT2D eigenvalue weighted by Crippen LogP contribution is -2.41. The standard InChI is InChI=1S/C12H23F3N2/c1-10-4-3-5-11(8-10)17(2)7-6-16-9-12(13,14)15/h10-11,16H,3-9H2,1-2H3. The van der Waals surface area contributed by atoms with Gasteiger partial charge in [-0.05, 0) is 25.8 Å². The molecule has 0 aromatic heterocycles. The van der Waals surface area contributed by atoms with Crippen LogP contribution in [0.3, 0.4) is 0 Å². The summed E-state index contributed by atoms with van der Waals surface area (Å²) in [5, 5.41) is 2.44. The molecule has 2 atom stereocenters. The zero-order chi connectivity index (χ0) is 12.9. The maximum Gasteiger partial charge on any atom is 0.401 e. The molecule has 0 aromatic carbocycles. The van der Waals surface area contributed by atoms with Crippen molar-refractivity contribution in [3.05, 3.63) is 0 Å². The van der Waals surface area contributed by atoms with Gasteiger partial charge in [0.1, 0.15) is 0 Å². The maximum atomic E-state index is 11.9. The second-order valence-electron chi connectivity index (χ2n) is 5.20. The molecule has 2 unspecified atom stereocenters. The van der Waals surface area contributed by atoms with Gasteiger partial charge in [0.2, 0.25) is 0 Å². The number of nitrogens with one attached hydrogen (secondary N) is 1. The average Bonchev–Trinajstić information content (AvgIpc) is 2.23. The molecular formula is C12H23F3N2. The fraction of sp³-hybridized carbons (Fsp3) is 1.00. The number of alkyl halides is 3. The molecule has 102 valence electrons. The summed E-state index contributed by atoms with van der Waals surface area (Å²) in [6.45, 7) is 2.46. The smallest absolute Gasteiger partial charge is 0.307 e. The van der Waals surface area contributed by atoms with E-state index in [0.717, 1.165) is 5.92 Å². The molecule has 0 spiro atoms. The van der Waals surface area contributed by atoms with Crippen LogP contribution >= 0.6 is 0 Å². The highest BCUT2D eigenvalue weighted by Crippen LogP contribution is 2.26. The number of nitrogens with zero attached hydrogens (tertiary/aromatic N) is 1. The number of halogens is 3. The molecule has 0 aliphatic heterocycles. The quantitative estimate of drug-likeness (QED) is 0.757. The lowest BCUT2D eigenvalue weighted by molar-refractivity contribution is -0.124. The van der Waals surface area contributed by atoms with E-state index in [1.807, 2.05) is 7.05 Å². The van der Waals surface area contributed by atoms with Crippen molar-refractivity contribution in [3.8, 4) is 0 Å². The van der Waals surface area contributed by atoms with Gasteiger partial charge in [-0.2, -0.15) is 13.2 Å². The van der Waals surface area contributed by atoms with Gasteiger partial charge in [0, 0.05) is 19.1 Å². The van der Waals surface area contributed by atoms with Crippen LogP contribution in [0.15, 0.2) is 0 Å². The first-order valence-electron chi connectivity index (χ1n) is 6.36. The SMILES string of the molecule is CC1CCCC(N(C)CCNCC(F)(F)F)C1. The minimum Gasteiger partial charge on any atom is -0.307 e. The second-order valence-corrected chi connectivity index (χ2v) is 5.20. The van der Waals surface area contributed by atoms with Crippen LogP contribution in [0, 0.1) is 5.92 Å². The average molecular weight is 252 g/mol. The first-order chi connectivity index (χ1) is 7.88. The van der Waals surface area contributed by atoms with Crippen molar-refractivity contribution < 1.29 is 13.2 Å². The van der Waals surface area contributed by atoms with Crippen LogP contribution in [-0.4, -0.2) is 43.8 Å². The lowest BCUT2D eigenvalue weighted by atomic mass is 9.86. The van der Waals surface area contributed by atoms with E-state index in [9.17, 15) is 13.2 Å².